The van der Waals surface area contributed by atoms with Crippen molar-refractivity contribution >= 4 is 6.08 Å². The fourth-order valence-electron chi connectivity index (χ4n) is 0.733. The van der Waals surface area contributed by atoms with Crippen molar-refractivity contribution in [2.75, 3.05) is 0 Å². The van der Waals surface area contributed by atoms with Gasteiger partial charge in [-0.15, -0.1) is 0 Å². The molecule has 0 atom stereocenters. The first-order chi connectivity index (χ1) is 4.33. The van der Waals surface area contributed by atoms with Crippen LogP contribution in [0, 0.1) is 13.0 Å². The highest BCUT2D eigenvalue weighted by molar-refractivity contribution is 5.47. The van der Waals surface area contributed by atoms with Crippen molar-refractivity contribution in [3.63, 3.8) is 0 Å². The molecule has 0 heteroatoms. The first-order valence-electron chi connectivity index (χ1n) is 2.93. The van der Waals surface area contributed by atoms with Gasteiger partial charge in [-0.05, 0) is 30.2 Å². The van der Waals surface area contributed by atoms with Gasteiger partial charge in [0.25, 0.3) is 0 Å². The van der Waals surface area contributed by atoms with E-state index < -0.39 is 0 Å². The third-order valence-electron chi connectivity index (χ3n) is 1.19. The molecule has 0 fully saturated rings. The Labute approximate surface area is 55.8 Å². The monoisotopic (exact) mass is 117 g/mol. The summed E-state index contributed by atoms with van der Waals surface area (Å²) in [6, 6.07) is 8.95. The van der Waals surface area contributed by atoms with E-state index in [9.17, 15) is 0 Å². The van der Waals surface area contributed by atoms with Crippen molar-refractivity contribution in [3.8, 4) is 0 Å². The van der Waals surface area contributed by atoms with Crippen molar-refractivity contribution in [3.05, 3.63) is 42.0 Å². The summed E-state index contributed by atoms with van der Waals surface area (Å²) in [5.41, 5.74) is 2.36. The molecule has 1 aromatic carbocycles. The molecular weight excluding hydrogens is 108 g/mol. The molecule has 0 aliphatic carbocycles. The Balaban J connectivity index is 3.07. The van der Waals surface area contributed by atoms with Crippen LogP contribution in [0.2, 0.25) is 0 Å². The molecule has 1 rings (SSSR count). The zero-order chi connectivity index (χ0) is 6.69. The fraction of sp³-hybridized carbons (Fsp3) is 0.111. The second-order valence-corrected chi connectivity index (χ2v) is 2.05. The fourth-order valence-corrected chi connectivity index (χ4v) is 0.733. The van der Waals surface area contributed by atoms with Crippen LogP contribution in [0.25, 0.3) is 6.08 Å². The zero-order valence-electron chi connectivity index (χ0n) is 5.52. The van der Waals surface area contributed by atoms with Crippen LogP contribution < -0.4 is 0 Å². The Morgan fingerprint density at radius 1 is 1.56 bits per heavy atom. The Morgan fingerprint density at radius 2 is 2.33 bits per heavy atom. The van der Waals surface area contributed by atoms with E-state index in [1.807, 2.05) is 25.1 Å². The summed E-state index contributed by atoms with van der Waals surface area (Å²) < 4.78 is 0. The predicted octanol–water partition coefficient (Wildman–Crippen LogP) is 2.44. The van der Waals surface area contributed by atoms with Gasteiger partial charge < -0.3 is 0 Å². The summed E-state index contributed by atoms with van der Waals surface area (Å²) in [6.45, 7) is 5.70. The van der Waals surface area contributed by atoms with Gasteiger partial charge in [0.1, 0.15) is 0 Å². The van der Waals surface area contributed by atoms with Crippen LogP contribution in [0.1, 0.15) is 11.1 Å². The van der Waals surface area contributed by atoms with E-state index in [2.05, 4.69) is 18.7 Å². The Kier molecular flexibility index (Phi) is 1.69. The summed E-state index contributed by atoms with van der Waals surface area (Å²) >= 11 is 0. The lowest BCUT2D eigenvalue weighted by atomic mass is 10.1. The van der Waals surface area contributed by atoms with E-state index in [1.54, 1.807) is 0 Å². The van der Waals surface area contributed by atoms with Crippen LogP contribution >= 0.6 is 0 Å². The van der Waals surface area contributed by atoms with Crippen molar-refractivity contribution < 1.29 is 0 Å². The largest absolute Gasteiger partial charge is 0.0985 e. The molecule has 0 aliphatic heterocycles. The molecule has 0 aliphatic rings. The van der Waals surface area contributed by atoms with Crippen molar-refractivity contribution in [2.24, 2.45) is 0 Å². The van der Waals surface area contributed by atoms with Crippen molar-refractivity contribution in [2.45, 2.75) is 6.92 Å². The molecule has 0 spiro atoms. The first-order valence-corrected chi connectivity index (χ1v) is 2.93. The smallest absolute Gasteiger partial charge is 0.0175 e. The van der Waals surface area contributed by atoms with Crippen molar-refractivity contribution in [1.29, 1.82) is 0 Å². The lowest BCUT2D eigenvalue weighted by Crippen LogP contribution is -1.72. The van der Waals surface area contributed by atoms with Crippen LogP contribution in [0.5, 0.6) is 0 Å². The summed E-state index contributed by atoms with van der Waals surface area (Å²) in [5, 5.41) is 0. The normalized spacial score (nSPS) is 9.00. The molecule has 0 aromatic heterocycles. The lowest BCUT2D eigenvalue weighted by Gasteiger charge is -1.91. The molecule has 0 saturated heterocycles. The number of hydrogen-bond donors (Lipinski definition) is 0. The second kappa shape index (κ2) is 2.49. The number of hydrogen-bond acceptors (Lipinski definition) is 0. The quantitative estimate of drug-likeness (QED) is 0.530. The molecule has 9 heavy (non-hydrogen) atoms. The number of aryl methyl sites for hydroxylation is 1. The SMILES string of the molecule is C=Cc1c[c]cc(C)c1. The van der Waals surface area contributed by atoms with Gasteiger partial charge in [-0.25, -0.2) is 0 Å². The minimum atomic E-state index is 1.13. The van der Waals surface area contributed by atoms with Gasteiger partial charge in [0, 0.05) is 0 Å². The first kappa shape index (κ1) is 6.09. The minimum absolute atomic E-state index is 1.13. The van der Waals surface area contributed by atoms with E-state index in [0.29, 0.717) is 0 Å². The van der Waals surface area contributed by atoms with Gasteiger partial charge in [-0.1, -0.05) is 24.8 Å². The van der Waals surface area contributed by atoms with E-state index in [0.717, 1.165) is 5.56 Å². The van der Waals surface area contributed by atoms with Gasteiger partial charge >= 0.3 is 0 Å². The average molecular weight is 117 g/mol. The van der Waals surface area contributed by atoms with Gasteiger partial charge in [0.2, 0.25) is 0 Å². The molecule has 0 heterocycles. The topological polar surface area (TPSA) is 0 Å². The van der Waals surface area contributed by atoms with Crippen LogP contribution in [0.4, 0.5) is 0 Å². The highest BCUT2D eigenvalue weighted by atomic mass is 13.9. The summed E-state index contributed by atoms with van der Waals surface area (Å²) in [5.74, 6) is 0. The molecule has 45 valence electrons. The molecule has 0 N–H and O–H groups in total. The maximum Gasteiger partial charge on any atom is -0.0175 e. The Bertz CT molecular complexity index is 211. The van der Waals surface area contributed by atoms with Crippen molar-refractivity contribution in [1.82, 2.24) is 0 Å². The number of rotatable bonds is 1. The molecule has 1 aromatic rings. The zero-order valence-corrected chi connectivity index (χ0v) is 5.52. The van der Waals surface area contributed by atoms with Crippen LogP contribution in [-0.4, -0.2) is 0 Å². The van der Waals surface area contributed by atoms with E-state index in [-0.39, 0.29) is 0 Å². The Morgan fingerprint density at radius 3 is 2.78 bits per heavy atom. The summed E-state index contributed by atoms with van der Waals surface area (Å²) in [6.07, 6.45) is 1.82. The van der Waals surface area contributed by atoms with E-state index >= 15 is 0 Å². The summed E-state index contributed by atoms with van der Waals surface area (Å²) in [7, 11) is 0. The van der Waals surface area contributed by atoms with Gasteiger partial charge in [0.15, 0.2) is 0 Å². The van der Waals surface area contributed by atoms with Gasteiger partial charge in [-0.2, -0.15) is 0 Å². The molecular formula is C9H9. The lowest BCUT2D eigenvalue weighted by molar-refractivity contribution is 1.45. The average Bonchev–Trinajstić information content (AvgIpc) is 1.88. The second-order valence-electron chi connectivity index (χ2n) is 2.05. The maximum atomic E-state index is 3.65. The maximum absolute atomic E-state index is 3.65. The molecule has 0 nitrogen and oxygen atoms in total. The van der Waals surface area contributed by atoms with Crippen LogP contribution in [-0.2, 0) is 0 Å². The van der Waals surface area contributed by atoms with Gasteiger partial charge in [-0.3, -0.25) is 0 Å². The molecule has 0 bridgehead atoms. The molecule has 1 radical (unpaired) electrons. The minimum Gasteiger partial charge on any atom is -0.0985 e. The standard InChI is InChI=1S/C9H9/c1-3-9-6-4-5-8(2)7-9/h3,5-7H,1H2,2H3. The predicted molar refractivity (Wildman–Crippen MR) is 40.1 cm³/mol. The van der Waals surface area contributed by atoms with E-state index in [4.69, 9.17) is 0 Å². The third kappa shape index (κ3) is 1.43. The highest BCUT2D eigenvalue weighted by Crippen LogP contribution is 2.03. The molecule has 0 unspecified atom stereocenters. The molecule has 0 saturated carbocycles. The van der Waals surface area contributed by atoms with Crippen LogP contribution in [0.15, 0.2) is 24.8 Å². The summed E-state index contributed by atoms with van der Waals surface area (Å²) in [4.78, 5) is 0. The highest BCUT2D eigenvalue weighted by Gasteiger charge is 1.83. The van der Waals surface area contributed by atoms with Gasteiger partial charge in [0.05, 0.1) is 0 Å². The Hall–Kier alpha value is -1.04. The third-order valence-corrected chi connectivity index (χ3v) is 1.19. The van der Waals surface area contributed by atoms with Crippen LogP contribution in [0.3, 0.4) is 0 Å². The molecule has 0 amide bonds. The van der Waals surface area contributed by atoms with E-state index in [1.165, 1.54) is 5.56 Å². The number of benzene rings is 1.